The van der Waals surface area contributed by atoms with E-state index in [1.54, 1.807) is 0 Å². The SMILES string of the molecule is CN1C=CC(c2c[nH]c3ccccc23)c2ccccc21. The lowest BCUT2D eigenvalue weighted by Gasteiger charge is -2.27. The van der Waals surface area contributed by atoms with Gasteiger partial charge in [-0.15, -0.1) is 0 Å². The van der Waals surface area contributed by atoms with E-state index < -0.39 is 0 Å². The van der Waals surface area contributed by atoms with E-state index in [4.69, 9.17) is 0 Å². The molecule has 0 amide bonds. The quantitative estimate of drug-likeness (QED) is 0.692. The Balaban J connectivity index is 1.93. The highest BCUT2D eigenvalue weighted by Gasteiger charge is 2.22. The number of rotatable bonds is 1. The first kappa shape index (κ1) is 11.4. The van der Waals surface area contributed by atoms with E-state index in [1.807, 2.05) is 0 Å². The number of hydrogen-bond donors (Lipinski definition) is 1. The third kappa shape index (κ3) is 1.58. The number of aromatic nitrogens is 1. The molecule has 20 heavy (non-hydrogen) atoms. The number of hydrogen-bond acceptors (Lipinski definition) is 1. The lowest BCUT2D eigenvalue weighted by Crippen LogP contribution is -2.17. The van der Waals surface area contributed by atoms with Crippen LogP contribution in [0.15, 0.2) is 67.0 Å². The van der Waals surface area contributed by atoms with Gasteiger partial charge in [-0.3, -0.25) is 0 Å². The number of H-pyrrole nitrogens is 1. The maximum absolute atomic E-state index is 3.38. The van der Waals surface area contributed by atoms with Gasteiger partial charge in [-0.25, -0.2) is 0 Å². The van der Waals surface area contributed by atoms with Crippen molar-refractivity contribution in [2.75, 3.05) is 11.9 Å². The fourth-order valence-electron chi connectivity index (χ4n) is 3.09. The largest absolute Gasteiger partial charge is 0.361 e. The van der Waals surface area contributed by atoms with Crippen LogP contribution in [0.25, 0.3) is 10.9 Å². The van der Waals surface area contributed by atoms with Crippen LogP contribution in [0.2, 0.25) is 0 Å². The van der Waals surface area contributed by atoms with Crippen LogP contribution in [-0.4, -0.2) is 12.0 Å². The highest BCUT2D eigenvalue weighted by atomic mass is 15.1. The van der Waals surface area contributed by atoms with E-state index in [9.17, 15) is 0 Å². The summed E-state index contributed by atoms with van der Waals surface area (Å²) in [6.07, 6.45) is 6.58. The van der Waals surface area contributed by atoms with Crippen LogP contribution in [0.3, 0.4) is 0 Å². The first-order chi connectivity index (χ1) is 9.84. The maximum Gasteiger partial charge on any atom is 0.0457 e. The minimum absolute atomic E-state index is 0.318. The highest BCUT2D eigenvalue weighted by molar-refractivity contribution is 5.85. The molecule has 0 fully saturated rings. The van der Waals surface area contributed by atoms with Gasteiger partial charge in [0.2, 0.25) is 0 Å². The summed E-state index contributed by atoms with van der Waals surface area (Å²) in [5, 5.41) is 1.31. The molecule has 0 bridgehead atoms. The summed E-state index contributed by atoms with van der Waals surface area (Å²) in [6.45, 7) is 0. The van der Waals surface area contributed by atoms with Gasteiger partial charge in [-0.2, -0.15) is 0 Å². The summed E-state index contributed by atoms with van der Waals surface area (Å²) in [6, 6.07) is 17.1. The molecule has 2 aromatic carbocycles. The number of aromatic amines is 1. The van der Waals surface area contributed by atoms with Crippen LogP contribution in [0.4, 0.5) is 5.69 Å². The molecule has 0 aliphatic carbocycles. The van der Waals surface area contributed by atoms with Crippen molar-refractivity contribution in [3.05, 3.63) is 78.1 Å². The van der Waals surface area contributed by atoms with Gasteiger partial charge in [-0.1, -0.05) is 42.5 Å². The Morgan fingerprint density at radius 3 is 2.70 bits per heavy atom. The zero-order valence-electron chi connectivity index (χ0n) is 11.4. The molecule has 1 aliphatic rings. The number of benzene rings is 2. The molecule has 98 valence electrons. The Kier molecular flexibility index (Phi) is 2.43. The topological polar surface area (TPSA) is 19.0 Å². The monoisotopic (exact) mass is 260 g/mol. The van der Waals surface area contributed by atoms with Gasteiger partial charge in [-0.05, 0) is 23.3 Å². The van der Waals surface area contributed by atoms with Crippen molar-refractivity contribution in [3.8, 4) is 0 Å². The smallest absolute Gasteiger partial charge is 0.0457 e. The summed E-state index contributed by atoms with van der Waals surface area (Å²) in [5.41, 5.74) is 5.19. The molecule has 3 aromatic rings. The van der Waals surface area contributed by atoms with Gasteiger partial charge >= 0.3 is 0 Å². The first-order valence-electron chi connectivity index (χ1n) is 6.91. The van der Waals surface area contributed by atoms with Gasteiger partial charge in [0.1, 0.15) is 0 Å². The second-order valence-corrected chi connectivity index (χ2v) is 5.28. The fourth-order valence-corrected chi connectivity index (χ4v) is 3.09. The predicted molar refractivity (Wildman–Crippen MR) is 84.1 cm³/mol. The zero-order valence-corrected chi connectivity index (χ0v) is 11.4. The Morgan fingerprint density at radius 1 is 0.950 bits per heavy atom. The van der Waals surface area contributed by atoms with E-state index in [2.05, 4.69) is 83.9 Å². The summed E-state index contributed by atoms with van der Waals surface area (Å²) >= 11 is 0. The van der Waals surface area contributed by atoms with E-state index in [0.29, 0.717) is 5.92 Å². The number of nitrogens with one attached hydrogen (secondary N) is 1. The molecular weight excluding hydrogens is 244 g/mol. The van der Waals surface area contributed by atoms with Crippen molar-refractivity contribution in [3.63, 3.8) is 0 Å². The molecule has 1 atom stereocenters. The molecule has 2 heteroatoms. The van der Waals surface area contributed by atoms with E-state index in [-0.39, 0.29) is 0 Å². The predicted octanol–water partition coefficient (Wildman–Crippen LogP) is 4.26. The number of allylic oxidation sites excluding steroid dienone is 1. The van der Waals surface area contributed by atoms with Crippen LogP contribution in [0.1, 0.15) is 17.0 Å². The summed E-state index contributed by atoms with van der Waals surface area (Å²) in [4.78, 5) is 5.56. The third-order valence-corrected chi connectivity index (χ3v) is 4.11. The van der Waals surface area contributed by atoms with Crippen molar-refractivity contribution < 1.29 is 0 Å². The first-order valence-corrected chi connectivity index (χ1v) is 6.91. The van der Waals surface area contributed by atoms with Gasteiger partial charge in [0, 0.05) is 42.0 Å². The minimum atomic E-state index is 0.318. The molecule has 4 rings (SSSR count). The second-order valence-electron chi connectivity index (χ2n) is 5.28. The molecule has 0 saturated heterocycles. The average Bonchev–Trinajstić information content (AvgIpc) is 2.92. The van der Waals surface area contributed by atoms with E-state index in [0.717, 1.165) is 0 Å². The van der Waals surface area contributed by atoms with Gasteiger partial charge < -0.3 is 9.88 Å². The van der Waals surface area contributed by atoms with Gasteiger partial charge in [0.05, 0.1) is 0 Å². The molecule has 2 nitrogen and oxygen atoms in total. The van der Waals surface area contributed by atoms with Crippen LogP contribution < -0.4 is 4.90 Å². The van der Waals surface area contributed by atoms with E-state index in [1.165, 1.54) is 27.7 Å². The maximum atomic E-state index is 3.38. The average molecular weight is 260 g/mol. The van der Waals surface area contributed by atoms with Crippen molar-refractivity contribution in [2.45, 2.75) is 5.92 Å². The number of anilines is 1. The number of para-hydroxylation sites is 2. The lowest BCUT2D eigenvalue weighted by molar-refractivity contribution is 0.973. The van der Waals surface area contributed by atoms with Gasteiger partial charge in [0.15, 0.2) is 0 Å². The molecule has 1 aliphatic heterocycles. The highest BCUT2D eigenvalue weighted by Crippen LogP contribution is 2.39. The summed E-state index contributed by atoms with van der Waals surface area (Å²) in [5.74, 6) is 0.318. The van der Waals surface area contributed by atoms with Crippen LogP contribution in [0, 0.1) is 0 Å². The Morgan fingerprint density at radius 2 is 1.75 bits per heavy atom. The second kappa shape index (κ2) is 4.27. The van der Waals surface area contributed by atoms with Crippen LogP contribution in [0.5, 0.6) is 0 Å². The van der Waals surface area contributed by atoms with E-state index >= 15 is 0 Å². The molecule has 0 radical (unpaired) electrons. The minimum Gasteiger partial charge on any atom is -0.361 e. The van der Waals surface area contributed by atoms with Crippen molar-refractivity contribution in [1.82, 2.24) is 4.98 Å². The summed E-state index contributed by atoms with van der Waals surface area (Å²) in [7, 11) is 2.10. The van der Waals surface area contributed by atoms with Crippen molar-refractivity contribution in [2.24, 2.45) is 0 Å². The molecule has 1 unspecified atom stereocenters. The number of nitrogens with zero attached hydrogens (tertiary/aromatic N) is 1. The van der Waals surface area contributed by atoms with Crippen molar-refractivity contribution >= 4 is 16.6 Å². The zero-order chi connectivity index (χ0) is 13.5. The Hall–Kier alpha value is -2.48. The molecule has 0 saturated carbocycles. The molecule has 2 heterocycles. The molecule has 0 spiro atoms. The van der Waals surface area contributed by atoms with Crippen molar-refractivity contribution in [1.29, 1.82) is 0 Å². The summed E-state index contributed by atoms with van der Waals surface area (Å²) < 4.78 is 0. The Labute approximate surface area is 118 Å². The van der Waals surface area contributed by atoms with Crippen LogP contribution in [-0.2, 0) is 0 Å². The fraction of sp³-hybridized carbons (Fsp3) is 0.111. The molecule has 1 N–H and O–H groups in total. The molecular formula is C18H16N2. The van der Waals surface area contributed by atoms with Gasteiger partial charge in [0.25, 0.3) is 0 Å². The number of fused-ring (bicyclic) bond motifs is 2. The lowest BCUT2D eigenvalue weighted by atomic mass is 9.88. The third-order valence-electron chi connectivity index (χ3n) is 4.11. The Bertz CT molecular complexity index is 798. The molecule has 1 aromatic heterocycles. The normalized spacial score (nSPS) is 17.4. The standard InChI is InChI=1S/C18H16N2/c1-20-11-10-13(15-7-3-5-9-18(15)20)16-12-19-17-8-4-2-6-14(16)17/h2-13,19H,1H3. The van der Waals surface area contributed by atoms with Crippen LogP contribution >= 0.6 is 0 Å².